The lowest BCUT2D eigenvalue weighted by atomic mass is 10.1. The standard InChI is InChI=1S/C14H13NO4S/c1-3-8-15-13(18)19-14(20-2)11(16)9-6-4-5-7-10(9)12(14)17/h3-7H,1,8H2,2H3,(H,15,18). The number of thioether (sulfide) groups is 1. The summed E-state index contributed by atoms with van der Waals surface area (Å²) in [7, 11) is 0. The summed E-state index contributed by atoms with van der Waals surface area (Å²) < 4.78 is 5.12. The maximum atomic E-state index is 12.4. The molecular weight excluding hydrogens is 278 g/mol. The van der Waals surface area contributed by atoms with E-state index in [9.17, 15) is 14.4 Å². The Kier molecular flexibility index (Phi) is 3.94. The monoisotopic (exact) mass is 291 g/mol. The van der Waals surface area contributed by atoms with Crippen molar-refractivity contribution in [2.24, 2.45) is 0 Å². The van der Waals surface area contributed by atoms with Crippen molar-refractivity contribution in [1.29, 1.82) is 0 Å². The fraction of sp³-hybridized carbons (Fsp3) is 0.214. The fourth-order valence-corrected chi connectivity index (χ4v) is 2.73. The summed E-state index contributed by atoms with van der Waals surface area (Å²) in [6.45, 7) is 3.65. The van der Waals surface area contributed by atoms with E-state index in [4.69, 9.17) is 4.74 Å². The summed E-state index contributed by atoms with van der Waals surface area (Å²) in [6.07, 6.45) is 2.21. The Morgan fingerprint density at radius 3 is 2.35 bits per heavy atom. The van der Waals surface area contributed by atoms with E-state index in [-0.39, 0.29) is 17.7 Å². The first-order valence-corrected chi connectivity index (χ1v) is 7.11. The van der Waals surface area contributed by atoms with Crippen molar-refractivity contribution in [2.45, 2.75) is 4.93 Å². The molecule has 0 aliphatic heterocycles. The molecule has 0 aromatic heterocycles. The van der Waals surface area contributed by atoms with Gasteiger partial charge in [-0.05, 0) is 6.26 Å². The number of fused-ring (bicyclic) bond motifs is 1. The van der Waals surface area contributed by atoms with E-state index in [2.05, 4.69) is 11.9 Å². The van der Waals surface area contributed by atoms with Gasteiger partial charge in [0.25, 0.3) is 4.93 Å². The van der Waals surface area contributed by atoms with Gasteiger partial charge < -0.3 is 10.1 Å². The van der Waals surface area contributed by atoms with Gasteiger partial charge in [0.2, 0.25) is 11.6 Å². The third-order valence-corrected chi connectivity index (χ3v) is 3.96. The smallest absolute Gasteiger partial charge is 0.409 e. The molecule has 1 aromatic carbocycles. The predicted molar refractivity (Wildman–Crippen MR) is 76.0 cm³/mol. The molecule has 20 heavy (non-hydrogen) atoms. The first kappa shape index (κ1) is 14.3. The van der Waals surface area contributed by atoms with E-state index in [0.29, 0.717) is 0 Å². The van der Waals surface area contributed by atoms with Gasteiger partial charge in [0.1, 0.15) is 0 Å². The largest absolute Gasteiger partial charge is 0.416 e. The van der Waals surface area contributed by atoms with Crippen LogP contribution in [0.1, 0.15) is 20.7 Å². The van der Waals surface area contributed by atoms with Gasteiger partial charge >= 0.3 is 6.09 Å². The van der Waals surface area contributed by atoms with Crippen LogP contribution in [0, 0.1) is 0 Å². The van der Waals surface area contributed by atoms with E-state index in [1.807, 2.05) is 0 Å². The van der Waals surface area contributed by atoms with Crippen molar-refractivity contribution in [3.8, 4) is 0 Å². The highest BCUT2D eigenvalue weighted by Crippen LogP contribution is 2.39. The Morgan fingerprint density at radius 1 is 1.35 bits per heavy atom. The maximum Gasteiger partial charge on any atom is 0.409 e. The maximum absolute atomic E-state index is 12.4. The number of rotatable bonds is 4. The Hall–Kier alpha value is -2.08. The van der Waals surface area contributed by atoms with Crippen LogP contribution in [0.3, 0.4) is 0 Å². The lowest BCUT2D eigenvalue weighted by Crippen LogP contribution is -2.45. The number of ketones is 2. The topological polar surface area (TPSA) is 72.5 Å². The number of nitrogens with one attached hydrogen (secondary N) is 1. The second kappa shape index (κ2) is 5.50. The van der Waals surface area contributed by atoms with Gasteiger partial charge in [-0.25, -0.2) is 4.79 Å². The summed E-state index contributed by atoms with van der Waals surface area (Å²) >= 11 is 0.906. The van der Waals surface area contributed by atoms with E-state index in [1.54, 1.807) is 30.5 Å². The second-order valence-electron chi connectivity index (χ2n) is 4.08. The van der Waals surface area contributed by atoms with Gasteiger partial charge in [-0.2, -0.15) is 0 Å². The first-order valence-electron chi connectivity index (χ1n) is 5.88. The van der Waals surface area contributed by atoms with E-state index in [0.717, 1.165) is 11.8 Å². The Labute approximate surface area is 120 Å². The van der Waals surface area contributed by atoms with Crippen LogP contribution >= 0.6 is 11.8 Å². The number of amides is 1. The highest BCUT2D eigenvalue weighted by molar-refractivity contribution is 8.01. The third kappa shape index (κ3) is 2.12. The molecular formula is C14H13NO4S. The molecule has 5 nitrogen and oxygen atoms in total. The number of alkyl carbamates (subject to hydrolysis) is 1. The van der Waals surface area contributed by atoms with Gasteiger partial charge in [0.05, 0.1) is 0 Å². The second-order valence-corrected chi connectivity index (χ2v) is 5.07. The molecule has 104 valence electrons. The lowest BCUT2D eigenvalue weighted by Gasteiger charge is -2.23. The number of Topliss-reactive ketones (excluding diaryl/α,β-unsaturated/α-hetero) is 2. The molecule has 0 saturated carbocycles. The molecule has 0 unspecified atom stereocenters. The molecule has 1 aliphatic rings. The SMILES string of the molecule is C=CCNC(=O)OC1(SC)C(=O)c2ccccc2C1=O. The van der Waals surface area contributed by atoms with Crippen LogP contribution in [0.4, 0.5) is 4.79 Å². The molecule has 2 rings (SSSR count). The van der Waals surface area contributed by atoms with E-state index >= 15 is 0 Å². The van der Waals surface area contributed by atoms with Crippen molar-refractivity contribution in [3.05, 3.63) is 48.0 Å². The first-order chi connectivity index (χ1) is 9.56. The number of hydrogen-bond donors (Lipinski definition) is 1. The minimum atomic E-state index is -1.82. The molecule has 1 N–H and O–H groups in total. The molecule has 0 bridgehead atoms. The molecule has 0 saturated heterocycles. The number of ether oxygens (including phenoxy) is 1. The van der Waals surface area contributed by atoms with Gasteiger partial charge in [-0.1, -0.05) is 30.3 Å². The van der Waals surface area contributed by atoms with Crippen molar-refractivity contribution >= 4 is 29.4 Å². The number of carbonyl (C=O) groups excluding carboxylic acids is 3. The third-order valence-electron chi connectivity index (χ3n) is 2.93. The van der Waals surface area contributed by atoms with Gasteiger partial charge in [0.15, 0.2) is 0 Å². The molecule has 0 radical (unpaired) electrons. The van der Waals surface area contributed by atoms with Crippen LogP contribution in [-0.4, -0.2) is 35.4 Å². The van der Waals surface area contributed by atoms with E-state index in [1.165, 1.54) is 6.08 Å². The normalized spacial score (nSPS) is 15.7. The fourth-order valence-electron chi connectivity index (χ4n) is 1.98. The lowest BCUT2D eigenvalue weighted by molar-refractivity contribution is 0.0488. The summed E-state index contributed by atoms with van der Waals surface area (Å²) in [4.78, 5) is 34.6. The molecule has 0 heterocycles. The molecule has 0 spiro atoms. The van der Waals surface area contributed by atoms with Crippen LogP contribution < -0.4 is 5.32 Å². The Morgan fingerprint density at radius 2 is 1.90 bits per heavy atom. The highest BCUT2D eigenvalue weighted by atomic mass is 32.2. The minimum absolute atomic E-state index is 0.193. The Balaban J connectivity index is 2.33. The molecule has 1 aliphatic carbocycles. The number of hydrogen-bond acceptors (Lipinski definition) is 5. The molecule has 1 amide bonds. The van der Waals surface area contributed by atoms with Crippen LogP contribution in [0.5, 0.6) is 0 Å². The number of benzene rings is 1. The van der Waals surface area contributed by atoms with Crippen molar-refractivity contribution in [1.82, 2.24) is 5.32 Å². The molecule has 0 fully saturated rings. The van der Waals surface area contributed by atoms with Crippen molar-refractivity contribution in [2.75, 3.05) is 12.8 Å². The van der Waals surface area contributed by atoms with E-state index < -0.39 is 22.6 Å². The average molecular weight is 291 g/mol. The summed E-state index contributed by atoms with van der Waals surface area (Å²) in [5.74, 6) is -1.00. The quantitative estimate of drug-likeness (QED) is 0.522. The molecule has 0 atom stereocenters. The van der Waals surface area contributed by atoms with Gasteiger partial charge in [0, 0.05) is 17.7 Å². The molecule has 1 aromatic rings. The summed E-state index contributed by atoms with van der Waals surface area (Å²) in [6, 6.07) is 6.44. The van der Waals surface area contributed by atoms with Crippen molar-refractivity contribution in [3.63, 3.8) is 0 Å². The van der Waals surface area contributed by atoms with Gasteiger partial charge in [-0.15, -0.1) is 18.3 Å². The minimum Gasteiger partial charge on any atom is -0.416 e. The zero-order chi connectivity index (χ0) is 14.8. The van der Waals surface area contributed by atoms with Crippen LogP contribution in [-0.2, 0) is 4.74 Å². The Bertz CT molecular complexity index is 562. The zero-order valence-electron chi connectivity index (χ0n) is 10.8. The summed E-state index contributed by atoms with van der Waals surface area (Å²) in [5, 5.41) is 2.39. The summed E-state index contributed by atoms with van der Waals surface area (Å²) in [5.41, 5.74) is 0.562. The number of carbonyl (C=O) groups is 3. The van der Waals surface area contributed by atoms with Crippen LogP contribution in [0.25, 0.3) is 0 Å². The van der Waals surface area contributed by atoms with Crippen molar-refractivity contribution < 1.29 is 19.1 Å². The van der Waals surface area contributed by atoms with Crippen LogP contribution in [0.15, 0.2) is 36.9 Å². The average Bonchev–Trinajstić information content (AvgIpc) is 2.68. The zero-order valence-corrected chi connectivity index (χ0v) is 11.7. The highest BCUT2D eigenvalue weighted by Gasteiger charge is 2.56. The predicted octanol–water partition coefficient (Wildman–Crippen LogP) is 2.04. The van der Waals surface area contributed by atoms with Crippen LogP contribution in [0.2, 0.25) is 0 Å². The van der Waals surface area contributed by atoms with Gasteiger partial charge in [-0.3, -0.25) is 9.59 Å². The molecule has 6 heteroatoms.